The number of nitrogens with two attached hydrogens (primary N) is 1. The number of nitrogens with zero attached hydrogens (tertiary/aromatic N) is 1. The molecule has 0 bridgehead atoms. The van der Waals surface area contributed by atoms with Gasteiger partial charge in [0.05, 0.1) is 30.5 Å². The third kappa shape index (κ3) is 7.38. The van der Waals surface area contributed by atoms with Crippen LogP contribution in [0.25, 0.3) is 10.9 Å². The van der Waals surface area contributed by atoms with Crippen LogP contribution in [0.4, 0.5) is 10.5 Å². The number of ether oxygens (including phenoxy) is 3. The maximum absolute atomic E-state index is 14.2. The number of nitrogens with one attached hydrogen (secondary N) is 2. The number of aromatic amines is 1. The molecular weight excluding hydrogens is 592 g/mol. The minimum absolute atomic E-state index is 0.0863. The molecule has 9 nitrogen and oxygen atoms in total. The second-order valence-corrected chi connectivity index (χ2v) is 11.7. The first kappa shape index (κ1) is 32.0. The molecule has 2 amide bonds. The number of carbonyl (C=O) groups excluding carboxylic acids is 2. The van der Waals surface area contributed by atoms with E-state index in [2.05, 4.69) is 10.3 Å². The second-order valence-electron chi connectivity index (χ2n) is 11.7. The summed E-state index contributed by atoms with van der Waals surface area (Å²) in [5, 5.41) is 4.56. The lowest BCUT2D eigenvalue weighted by atomic mass is 9.84. The summed E-state index contributed by atoms with van der Waals surface area (Å²) in [6, 6.07) is 33.6. The molecule has 47 heavy (non-hydrogen) atoms. The number of benzene rings is 4. The number of hydrogen-bond donors (Lipinski definition) is 3. The SMILES string of the molecule is COC(=O)N(C(=O)[C@@H](N)C(c1ccccc1)c1ccccc1)c1ccccc1CC[C@@H]1CNC[C@@H](COc2cccc3cc[nH]c23)O1. The highest BCUT2D eigenvalue weighted by molar-refractivity contribution is 6.15. The van der Waals surface area contributed by atoms with E-state index in [1.807, 2.05) is 103 Å². The standard InChI is InChI=1S/C38H40N4O5/c1-45-38(44)42(37(43)35(39)34(27-12-4-2-5-13-27)28-14-6-3-7-15-28)32-17-9-8-11-26(32)19-20-30-23-40-24-31(47-30)25-46-33-18-10-16-29-21-22-41-36(29)33/h2-18,21-22,30-31,34-35,40-41H,19-20,23-25,39H2,1H3/t30-,31+,35+/m1/s1. The fourth-order valence-electron chi connectivity index (χ4n) is 6.28. The summed E-state index contributed by atoms with van der Waals surface area (Å²) in [6.07, 6.45) is 2.12. The highest BCUT2D eigenvalue weighted by atomic mass is 16.5. The maximum atomic E-state index is 14.2. The van der Waals surface area contributed by atoms with Crippen LogP contribution in [-0.4, -0.2) is 62.0 Å². The summed E-state index contributed by atoms with van der Waals surface area (Å²) in [5.74, 6) is -0.236. The number of fused-ring (bicyclic) bond motifs is 1. The normalized spacial score (nSPS) is 16.9. The Kier molecular flexibility index (Phi) is 10.3. The summed E-state index contributed by atoms with van der Waals surface area (Å²) in [6.45, 7) is 1.77. The summed E-state index contributed by atoms with van der Waals surface area (Å²) in [7, 11) is 1.27. The molecule has 2 heterocycles. The lowest BCUT2D eigenvalue weighted by Crippen LogP contribution is -2.50. The highest BCUT2D eigenvalue weighted by Gasteiger charge is 2.36. The third-order valence-corrected chi connectivity index (χ3v) is 8.61. The Labute approximate surface area is 274 Å². The number of aryl methyl sites for hydroxylation is 1. The predicted octanol–water partition coefficient (Wildman–Crippen LogP) is 5.80. The Balaban J connectivity index is 1.17. The van der Waals surface area contributed by atoms with E-state index in [-0.39, 0.29) is 12.2 Å². The van der Waals surface area contributed by atoms with E-state index in [0.29, 0.717) is 38.2 Å². The van der Waals surface area contributed by atoms with Crippen molar-refractivity contribution in [3.8, 4) is 5.75 Å². The lowest BCUT2D eigenvalue weighted by Gasteiger charge is -2.32. The molecule has 1 saturated heterocycles. The summed E-state index contributed by atoms with van der Waals surface area (Å²) < 4.78 is 17.7. The number of H-pyrrole nitrogens is 1. The van der Waals surface area contributed by atoms with Crippen molar-refractivity contribution < 1.29 is 23.8 Å². The van der Waals surface area contributed by atoms with Gasteiger partial charge in [0.1, 0.15) is 18.5 Å². The van der Waals surface area contributed by atoms with Gasteiger partial charge < -0.3 is 30.2 Å². The van der Waals surface area contributed by atoms with Crippen molar-refractivity contribution in [1.29, 1.82) is 0 Å². The molecule has 0 saturated carbocycles. The highest BCUT2D eigenvalue weighted by Crippen LogP contribution is 2.31. The number of morpholine rings is 1. The zero-order valence-electron chi connectivity index (χ0n) is 26.4. The Hall–Kier alpha value is -4.96. The van der Waals surface area contributed by atoms with Crippen LogP contribution in [0.15, 0.2) is 115 Å². The number of aromatic nitrogens is 1. The number of anilines is 1. The summed E-state index contributed by atoms with van der Waals surface area (Å²) >= 11 is 0. The fraction of sp³-hybridized carbons (Fsp3) is 0.263. The van der Waals surface area contributed by atoms with Crippen LogP contribution in [0.2, 0.25) is 0 Å². The lowest BCUT2D eigenvalue weighted by molar-refractivity contribution is -0.119. The average molecular weight is 633 g/mol. The fourth-order valence-corrected chi connectivity index (χ4v) is 6.28. The smallest absolute Gasteiger partial charge is 0.420 e. The van der Waals surface area contributed by atoms with Crippen LogP contribution >= 0.6 is 0 Å². The van der Waals surface area contributed by atoms with Crippen molar-refractivity contribution in [3.05, 3.63) is 132 Å². The van der Waals surface area contributed by atoms with Crippen molar-refractivity contribution in [2.24, 2.45) is 5.73 Å². The molecular formula is C38H40N4O5. The van der Waals surface area contributed by atoms with Crippen LogP contribution in [-0.2, 0) is 20.7 Å². The Morgan fingerprint density at radius 1 is 0.872 bits per heavy atom. The molecule has 1 aliphatic rings. The second kappa shape index (κ2) is 15.1. The molecule has 1 aliphatic heterocycles. The Morgan fingerprint density at radius 3 is 2.28 bits per heavy atom. The molecule has 0 aliphatic carbocycles. The van der Waals surface area contributed by atoms with Gasteiger partial charge in [-0.3, -0.25) is 4.79 Å². The van der Waals surface area contributed by atoms with Crippen LogP contribution < -0.4 is 20.7 Å². The topological polar surface area (TPSA) is 119 Å². The first-order chi connectivity index (χ1) is 23.0. The molecule has 0 spiro atoms. The van der Waals surface area contributed by atoms with Gasteiger partial charge in [-0.2, -0.15) is 0 Å². The van der Waals surface area contributed by atoms with Crippen LogP contribution in [0.3, 0.4) is 0 Å². The molecule has 242 valence electrons. The maximum Gasteiger partial charge on any atom is 0.420 e. The zero-order valence-corrected chi connectivity index (χ0v) is 26.4. The van der Waals surface area contributed by atoms with Gasteiger partial charge in [0.25, 0.3) is 5.91 Å². The van der Waals surface area contributed by atoms with Crippen LogP contribution in [0.5, 0.6) is 5.75 Å². The minimum Gasteiger partial charge on any atom is -0.489 e. The van der Waals surface area contributed by atoms with E-state index in [0.717, 1.165) is 38.2 Å². The molecule has 4 aromatic carbocycles. The van der Waals surface area contributed by atoms with Crippen molar-refractivity contribution >= 4 is 28.6 Å². The molecule has 9 heteroatoms. The average Bonchev–Trinajstić information content (AvgIpc) is 3.61. The number of amides is 2. The van der Waals surface area contributed by atoms with Crippen molar-refractivity contribution in [2.45, 2.75) is 37.0 Å². The van der Waals surface area contributed by atoms with E-state index in [1.54, 1.807) is 12.1 Å². The van der Waals surface area contributed by atoms with Gasteiger partial charge in [-0.15, -0.1) is 0 Å². The zero-order chi connectivity index (χ0) is 32.6. The van der Waals surface area contributed by atoms with Gasteiger partial charge in [0, 0.05) is 30.6 Å². The van der Waals surface area contributed by atoms with Crippen molar-refractivity contribution in [1.82, 2.24) is 10.3 Å². The number of methoxy groups -OCH3 is 1. The van der Waals surface area contributed by atoms with Gasteiger partial charge in [-0.05, 0) is 47.7 Å². The molecule has 1 aromatic heterocycles. The Bertz CT molecular complexity index is 1740. The quantitative estimate of drug-likeness (QED) is 0.169. The summed E-state index contributed by atoms with van der Waals surface area (Å²) in [4.78, 5) is 31.8. The first-order valence-electron chi connectivity index (χ1n) is 15.9. The van der Waals surface area contributed by atoms with E-state index in [4.69, 9.17) is 19.9 Å². The third-order valence-electron chi connectivity index (χ3n) is 8.61. The number of para-hydroxylation sites is 2. The van der Waals surface area contributed by atoms with E-state index < -0.39 is 24.0 Å². The number of hydrogen-bond acceptors (Lipinski definition) is 7. The van der Waals surface area contributed by atoms with E-state index >= 15 is 0 Å². The van der Waals surface area contributed by atoms with E-state index in [1.165, 1.54) is 7.11 Å². The first-order valence-corrected chi connectivity index (χ1v) is 15.9. The molecule has 3 atom stereocenters. The minimum atomic E-state index is -1.06. The van der Waals surface area contributed by atoms with Gasteiger partial charge in [-0.1, -0.05) is 91.0 Å². The van der Waals surface area contributed by atoms with E-state index in [9.17, 15) is 9.59 Å². The Morgan fingerprint density at radius 2 is 1.55 bits per heavy atom. The molecule has 4 N–H and O–H groups in total. The van der Waals surface area contributed by atoms with Crippen molar-refractivity contribution in [2.75, 3.05) is 31.7 Å². The number of imide groups is 1. The van der Waals surface area contributed by atoms with Crippen molar-refractivity contribution in [3.63, 3.8) is 0 Å². The molecule has 6 rings (SSSR count). The van der Waals surface area contributed by atoms with Gasteiger partial charge >= 0.3 is 6.09 Å². The summed E-state index contributed by atoms with van der Waals surface area (Å²) in [5.41, 5.74) is 10.7. The monoisotopic (exact) mass is 632 g/mol. The van der Waals surface area contributed by atoms with Crippen LogP contribution in [0.1, 0.15) is 29.0 Å². The predicted molar refractivity (Wildman–Crippen MR) is 183 cm³/mol. The molecule has 5 aromatic rings. The molecule has 0 unspecified atom stereocenters. The molecule has 0 radical (unpaired) electrons. The largest absolute Gasteiger partial charge is 0.489 e. The van der Waals surface area contributed by atoms with Gasteiger partial charge in [-0.25, -0.2) is 9.69 Å². The van der Waals surface area contributed by atoms with Gasteiger partial charge in [0.2, 0.25) is 0 Å². The van der Waals surface area contributed by atoms with Crippen LogP contribution in [0, 0.1) is 0 Å². The molecule has 1 fully saturated rings. The number of rotatable bonds is 11. The number of carbonyl (C=O) groups is 2. The van der Waals surface area contributed by atoms with Gasteiger partial charge in [0.15, 0.2) is 0 Å².